The molecule has 3 rings (SSSR count). The largest absolute Gasteiger partial charge is 0.496 e. The van der Waals surface area contributed by atoms with E-state index < -0.39 is 9.84 Å². The molecule has 0 aliphatic carbocycles. The predicted molar refractivity (Wildman–Crippen MR) is 113 cm³/mol. The molecular formula is C21H23N3O4S. The van der Waals surface area contributed by atoms with Gasteiger partial charge in [0.2, 0.25) is 5.95 Å². The van der Waals surface area contributed by atoms with E-state index in [2.05, 4.69) is 15.3 Å². The predicted octanol–water partition coefficient (Wildman–Crippen LogP) is 3.11. The summed E-state index contributed by atoms with van der Waals surface area (Å²) in [7, 11) is -1.74. The third kappa shape index (κ3) is 5.30. The molecule has 0 unspecified atom stereocenters. The van der Waals surface area contributed by atoms with Crippen LogP contribution in [0.4, 0.5) is 11.6 Å². The van der Waals surface area contributed by atoms with E-state index in [1.807, 2.05) is 37.3 Å². The van der Waals surface area contributed by atoms with E-state index in [4.69, 9.17) is 9.84 Å². The SMILES string of the molecule is COc1ccccc1-c1nc(Nc2cccc(CS(=O)(=O)CCO)c2)ncc1C. The highest BCUT2D eigenvalue weighted by Gasteiger charge is 2.13. The minimum atomic E-state index is -3.35. The number of methoxy groups -OCH3 is 1. The van der Waals surface area contributed by atoms with Gasteiger partial charge in [0.05, 0.1) is 30.9 Å². The molecule has 0 saturated carbocycles. The van der Waals surface area contributed by atoms with Crippen LogP contribution in [0.1, 0.15) is 11.1 Å². The van der Waals surface area contributed by atoms with E-state index in [1.54, 1.807) is 31.5 Å². The Balaban J connectivity index is 1.87. The van der Waals surface area contributed by atoms with Crippen molar-refractivity contribution in [3.63, 3.8) is 0 Å². The van der Waals surface area contributed by atoms with Crippen LogP contribution in [0.2, 0.25) is 0 Å². The summed E-state index contributed by atoms with van der Waals surface area (Å²) in [5.74, 6) is 0.724. The minimum Gasteiger partial charge on any atom is -0.496 e. The summed E-state index contributed by atoms with van der Waals surface area (Å²) in [6.45, 7) is 1.54. The van der Waals surface area contributed by atoms with Crippen molar-refractivity contribution >= 4 is 21.5 Å². The number of hydrogen-bond acceptors (Lipinski definition) is 7. The molecule has 3 aromatic rings. The van der Waals surface area contributed by atoms with Gasteiger partial charge in [-0.1, -0.05) is 24.3 Å². The Kier molecular flexibility index (Phi) is 6.46. The van der Waals surface area contributed by atoms with E-state index in [-0.39, 0.29) is 18.1 Å². The summed E-state index contributed by atoms with van der Waals surface area (Å²) >= 11 is 0. The molecule has 2 N–H and O–H groups in total. The maximum absolute atomic E-state index is 12.0. The zero-order valence-corrected chi connectivity index (χ0v) is 17.1. The Morgan fingerprint density at radius 1 is 1.14 bits per heavy atom. The number of benzene rings is 2. The summed E-state index contributed by atoms with van der Waals surface area (Å²) in [6.07, 6.45) is 1.73. The van der Waals surface area contributed by atoms with Crippen LogP contribution < -0.4 is 10.1 Å². The van der Waals surface area contributed by atoms with Crippen molar-refractivity contribution in [3.05, 3.63) is 65.9 Å². The lowest BCUT2D eigenvalue weighted by atomic mass is 10.1. The molecule has 0 atom stereocenters. The van der Waals surface area contributed by atoms with Crippen molar-refractivity contribution in [2.45, 2.75) is 12.7 Å². The monoisotopic (exact) mass is 413 g/mol. The van der Waals surface area contributed by atoms with Gasteiger partial charge < -0.3 is 15.2 Å². The van der Waals surface area contributed by atoms with Crippen molar-refractivity contribution in [1.29, 1.82) is 0 Å². The molecule has 0 aliphatic heterocycles. The quantitative estimate of drug-likeness (QED) is 0.585. The number of aliphatic hydroxyl groups excluding tert-OH is 1. The summed E-state index contributed by atoms with van der Waals surface area (Å²) in [6, 6.07) is 14.7. The van der Waals surface area contributed by atoms with E-state index >= 15 is 0 Å². The molecule has 0 saturated heterocycles. The van der Waals surface area contributed by atoms with Gasteiger partial charge in [-0.15, -0.1) is 0 Å². The molecule has 7 nitrogen and oxygen atoms in total. The van der Waals surface area contributed by atoms with E-state index in [0.29, 0.717) is 17.2 Å². The van der Waals surface area contributed by atoms with Crippen molar-refractivity contribution < 1.29 is 18.3 Å². The fourth-order valence-electron chi connectivity index (χ4n) is 2.95. The van der Waals surface area contributed by atoms with E-state index in [1.165, 1.54) is 0 Å². The normalized spacial score (nSPS) is 11.3. The second-order valence-corrected chi connectivity index (χ2v) is 8.75. The maximum Gasteiger partial charge on any atom is 0.227 e. The lowest BCUT2D eigenvalue weighted by molar-refractivity contribution is 0.319. The second kappa shape index (κ2) is 9.02. The average molecular weight is 413 g/mol. The number of aromatic nitrogens is 2. The molecule has 1 aromatic heterocycles. The fourth-order valence-corrected chi connectivity index (χ4v) is 4.06. The molecule has 0 aliphatic rings. The van der Waals surface area contributed by atoms with Crippen LogP contribution in [0.25, 0.3) is 11.3 Å². The van der Waals surface area contributed by atoms with Gasteiger partial charge in [0.1, 0.15) is 5.75 Å². The number of ether oxygens (including phenoxy) is 1. The van der Waals surface area contributed by atoms with Gasteiger partial charge in [-0.05, 0) is 42.3 Å². The molecule has 152 valence electrons. The zero-order valence-electron chi connectivity index (χ0n) is 16.3. The highest BCUT2D eigenvalue weighted by molar-refractivity contribution is 7.90. The van der Waals surface area contributed by atoms with Crippen LogP contribution in [0.5, 0.6) is 5.75 Å². The Morgan fingerprint density at radius 2 is 1.93 bits per heavy atom. The number of aliphatic hydroxyl groups is 1. The number of sulfone groups is 1. The van der Waals surface area contributed by atoms with Gasteiger partial charge in [0.25, 0.3) is 0 Å². The number of rotatable bonds is 8. The van der Waals surface area contributed by atoms with Crippen molar-refractivity contribution in [2.24, 2.45) is 0 Å². The van der Waals surface area contributed by atoms with Crippen LogP contribution in [-0.4, -0.2) is 43.0 Å². The van der Waals surface area contributed by atoms with Gasteiger partial charge >= 0.3 is 0 Å². The summed E-state index contributed by atoms with van der Waals surface area (Å²) in [5, 5.41) is 12.0. The average Bonchev–Trinajstić information content (AvgIpc) is 2.69. The number of nitrogens with one attached hydrogen (secondary N) is 1. The lowest BCUT2D eigenvalue weighted by Crippen LogP contribution is -2.12. The number of aryl methyl sites for hydroxylation is 1. The minimum absolute atomic E-state index is 0.135. The summed E-state index contributed by atoms with van der Waals surface area (Å²) in [5.41, 5.74) is 3.82. The van der Waals surface area contributed by atoms with Gasteiger partial charge in [0.15, 0.2) is 9.84 Å². The molecular weight excluding hydrogens is 390 g/mol. The Morgan fingerprint density at radius 3 is 2.69 bits per heavy atom. The molecule has 0 radical (unpaired) electrons. The van der Waals surface area contributed by atoms with Gasteiger partial charge in [-0.3, -0.25) is 0 Å². The van der Waals surface area contributed by atoms with Crippen LogP contribution in [0, 0.1) is 6.92 Å². The van der Waals surface area contributed by atoms with Crippen LogP contribution in [0.15, 0.2) is 54.7 Å². The van der Waals surface area contributed by atoms with Gasteiger partial charge in [0, 0.05) is 17.4 Å². The Labute approximate surface area is 170 Å². The van der Waals surface area contributed by atoms with Crippen LogP contribution >= 0.6 is 0 Å². The third-order valence-electron chi connectivity index (χ3n) is 4.31. The molecule has 2 aromatic carbocycles. The Bertz CT molecular complexity index is 1100. The molecule has 29 heavy (non-hydrogen) atoms. The molecule has 0 amide bonds. The fraction of sp³-hybridized carbons (Fsp3) is 0.238. The number of anilines is 2. The molecule has 8 heteroatoms. The molecule has 0 spiro atoms. The number of hydrogen-bond donors (Lipinski definition) is 2. The first kappa shape index (κ1) is 20.8. The second-order valence-electron chi connectivity index (χ2n) is 6.57. The zero-order chi connectivity index (χ0) is 20.9. The van der Waals surface area contributed by atoms with Crippen molar-refractivity contribution in [2.75, 3.05) is 24.8 Å². The lowest BCUT2D eigenvalue weighted by Gasteiger charge is -2.12. The maximum atomic E-state index is 12.0. The smallest absolute Gasteiger partial charge is 0.227 e. The number of para-hydroxylation sites is 1. The van der Waals surface area contributed by atoms with Gasteiger partial charge in [-0.25, -0.2) is 18.4 Å². The van der Waals surface area contributed by atoms with Crippen LogP contribution in [0.3, 0.4) is 0 Å². The van der Waals surface area contributed by atoms with Crippen molar-refractivity contribution in [3.8, 4) is 17.0 Å². The number of nitrogens with zero attached hydrogens (tertiary/aromatic N) is 2. The third-order valence-corrected chi connectivity index (χ3v) is 5.88. The molecule has 1 heterocycles. The Hall–Kier alpha value is -2.97. The first-order chi connectivity index (χ1) is 13.9. The first-order valence-corrected chi connectivity index (χ1v) is 10.9. The topological polar surface area (TPSA) is 101 Å². The first-order valence-electron chi connectivity index (χ1n) is 9.06. The van der Waals surface area contributed by atoms with E-state index in [9.17, 15) is 8.42 Å². The highest BCUT2D eigenvalue weighted by atomic mass is 32.2. The van der Waals surface area contributed by atoms with Crippen LogP contribution in [-0.2, 0) is 15.6 Å². The summed E-state index contributed by atoms with van der Waals surface area (Å²) in [4.78, 5) is 8.96. The standard InChI is InChI=1S/C21H23N3O4S/c1-15-13-22-21(24-20(15)18-8-3-4-9-19(18)28-2)23-17-7-5-6-16(12-17)14-29(26,27)11-10-25/h3-9,12-13,25H,10-11,14H2,1-2H3,(H,22,23,24). The summed E-state index contributed by atoms with van der Waals surface area (Å²) < 4.78 is 29.3. The molecule has 0 fully saturated rings. The van der Waals surface area contributed by atoms with E-state index in [0.717, 1.165) is 22.6 Å². The highest BCUT2D eigenvalue weighted by Crippen LogP contribution is 2.31. The molecule has 0 bridgehead atoms. The van der Waals surface area contributed by atoms with Gasteiger partial charge in [-0.2, -0.15) is 0 Å². The van der Waals surface area contributed by atoms with Crippen molar-refractivity contribution in [1.82, 2.24) is 9.97 Å².